The summed E-state index contributed by atoms with van der Waals surface area (Å²) >= 11 is 0. The van der Waals surface area contributed by atoms with Crippen LogP contribution < -0.4 is 4.74 Å². The lowest BCUT2D eigenvalue weighted by Gasteiger charge is -2.40. The Morgan fingerprint density at radius 3 is 2.41 bits per heavy atom. The largest absolute Gasteiger partial charge is 0.496 e. The van der Waals surface area contributed by atoms with Crippen LogP contribution in [-0.4, -0.2) is 64.7 Å². The Kier molecular flexibility index (Phi) is 6.16. The molecule has 1 aliphatic heterocycles. The summed E-state index contributed by atoms with van der Waals surface area (Å²) in [5, 5.41) is 38.6. The van der Waals surface area contributed by atoms with Crippen molar-refractivity contribution in [1.29, 1.82) is 0 Å². The average molecular weight is 312 g/mol. The second-order valence-electron chi connectivity index (χ2n) is 5.57. The molecule has 5 atom stereocenters. The summed E-state index contributed by atoms with van der Waals surface area (Å²) < 4.78 is 10.8. The first kappa shape index (κ1) is 17.2. The van der Waals surface area contributed by atoms with Crippen LogP contribution in [0.1, 0.15) is 18.4 Å². The van der Waals surface area contributed by atoms with E-state index in [2.05, 4.69) is 0 Å². The molecule has 0 saturated carbocycles. The standard InChI is InChI=1S/C16H24O6/c1-21-11-7-3-2-5-10(11)6-4-8-12-14(18)16(20)15(19)13(9-17)22-12/h2-3,5,7,12-20H,4,6,8-9H2,1H3/t12-,13+,14-,15+,16+/m0/s1. The first-order valence-electron chi connectivity index (χ1n) is 7.51. The number of hydrogen-bond acceptors (Lipinski definition) is 6. The minimum atomic E-state index is -1.30. The van der Waals surface area contributed by atoms with Gasteiger partial charge in [0.1, 0.15) is 30.2 Å². The molecule has 1 fully saturated rings. The summed E-state index contributed by atoms with van der Waals surface area (Å²) in [6, 6.07) is 7.71. The van der Waals surface area contributed by atoms with Crippen LogP contribution in [0.15, 0.2) is 24.3 Å². The summed E-state index contributed by atoms with van der Waals surface area (Å²) in [4.78, 5) is 0. The Balaban J connectivity index is 1.90. The monoisotopic (exact) mass is 312 g/mol. The van der Waals surface area contributed by atoms with E-state index in [0.717, 1.165) is 24.2 Å². The summed E-state index contributed by atoms with van der Waals surface area (Å²) in [5.74, 6) is 0.816. The predicted molar refractivity (Wildman–Crippen MR) is 79.7 cm³/mol. The first-order valence-corrected chi connectivity index (χ1v) is 7.51. The summed E-state index contributed by atoms with van der Waals surface area (Å²) in [6.45, 7) is -0.395. The highest BCUT2D eigenvalue weighted by atomic mass is 16.5. The minimum Gasteiger partial charge on any atom is -0.496 e. The van der Waals surface area contributed by atoms with Crippen LogP contribution in [0.5, 0.6) is 5.75 Å². The van der Waals surface area contributed by atoms with Crippen LogP contribution >= 0.6 is 0 Å². The van der Waals surface area contributed by atoms with Gasteiger partial charge in [0, 0.05) is 0 Å². The molecule has 1 aliphatic rings. The molecule has 2 rings (SSSR count). The van der Waals surface area contributed by atoms with Gasteiger partial charge in [0.25, 0.3) is 0 Å². The van der Waals surface area contributed by atoms with Gasteiger partial charge in [-0.1, -0.05) is 18.2 Å². The molecule has 6 heteroatoms. The molecule has 0 aliphatic carbocycles. The van der Waals surface area contributed by atoms with Gasteiger partial charge in [-0.05, 0) is 30.9 Å². The van der Waals surface area contributed by atoms with Crippen molar-refractivity contribution in [3.05, 3.63) is 29.8 Å². The van der Waals surface area contributed by atoms with E-state index in [9.17, 15) is 15.3 Å². The number of hydrogen-bond donors (Lipinski definition) is 4. The van der Waals surface area contributed by atoms with Gasteiger partial charge in [0.05, 0.1) is 19.8 Å². The lowest BCUT2D eigenvalue weighted by Crippen LogP contribution is -2.58. The summed E-state index contributed by atoms with van der Waals surface area (Å²) in [6.07, 6.45) is -3.22. The second kappa shape index (κ2) is 7.89. The molecule has 1 aromatic carbocycles. The smallest absolute Gasteiger partial charge is 0.122 e. The zero-order chi connectivity index (χ0) is 16.1. The van der Waals surface area contributed by atoms with Crippen molar-refractivity contribution < 1.29 is 29.9 Å². The van der Waals surface area contributed by atoms with Crippen LogP contribution in [0.4, 0.5) is 0 Å². The van der Waals surface area contributed by atoms with E-state index in [1.807, 2.05) is 24.3 Å². The van der Waals surface area contributed by atoms with Crippen molar-refractivity contribution in [3.8, 4) is 5.75 Å². The van der Waals surface area contributed by atoms with E-state index in [-0.39, 0.29) is 0 Å². The molecule has 0 bridgehead atoms. The molecular weight excluding hydrogens is 288 g/mol. The van der Waals surface area contributed by atoms with E-state index in [0.29, 0.717) is 6.42 Å². The van der Waals surface area contributed by atoms with Gasteiger partial charge in [-0.2, -0.15) is 0 Å². The Hall–Kier alpha value is -1.18. The number of rotatable bonds is 6. The van der Waals surface area contributed by atoms with Crippen molar-refractivity contribution >= 4 is 0 Å². The number of methoxy groups -OCH3 is 1. The predicted octanol–water partition coefficient (Wildman–Crippen LogP) is -0.140. The Labute approximate surface area is 129 Å². The van der Waals surface area contributed by atoms with Crippen molar-refractivity contribution in [2.24, 2.45) is 0 Å². The third kappa shape index (κ3) is 3.77. The molecule has 0 spiro atoms. The van der Waals surface area contributed by atoms with Crippen LogP contribution in [-0.2, 0) is 11.2 Å². The molecule has 0 amide bonds. The summed E-state index contributed by atoms with van der Waals surface area (Å²) in [5.41, 5.74) is 1.06. The number of aliphatic hydroxyl groups is 4. The van der Waals surface area contributed by atoms with Crippen LogP contribution in [0, 0.1) is 0 Å². The minimum absolute atomic E-state index is 0.395. The number of benzene rings is 1. The van der Waals surface area contributed by atoms with Gasteiger partial charge < -0.3 is 29.9 Å². The third-order valence-electron chi connectivity index (χ3n) is 4.12. The molecule has 0 unspecified atom stereocenters. The normalized spacial score (nSPS) is 32.0. The highest BCUT2D eigenvalue weighted by Crippen LogP contribution is 2.26. The third-order valence-corrected chi connectivity index (χ3v) is 4.12. The van der Waals surface area contributed by atoms with Gasteiger partial charge in [0.15, 0.2) is 0 Å². The lowest BCUT2D eigenvalue weighted by molar-refractivity contribution is -0.230. The molecule has 6 nitrogen and oxygen atoms in total. The molecule has 1 aromatic rings. The zero-order valence-electron chi connectivity index (χ0n) is 12.6. The van der Waals surface area contributed by atoms with E-state index in [1.165, 1.54) is 0 Å². The number of ether oxygens (including phenoxy) is 2. The maximum Gasteiger partial charge on any atom is 0.122 e. The fourth-order valence-corrected chi connectivity index (χ4v) is 2.82. The maximum absolute atomic E-state index is 9.98. The van der Waals surface area contributed by atoms with E-state index >= 15 is 0 Å². The molecule has 4 N–H and O–H groups in total. The van der Waals surface area contributed by atoms with Crippen LogP contribution in [0.25, 0.3) is 0 Å². The van der Waals surface area contributed by atoms with Gasteiger partial charge in [-0.3, -0.25) is 0 Å². The van der Waals surface area contributed by atoms with Crippen molar-refractivity contribution in [2.45, 2.75) is 49.8 Å². The molecule has 0 aromatic heterocycles. The summed E-state index contributed by atoms with van der Waals surface area (Å²) in [7, 11) is 1.62. The van der Waals surface area contributed by atoms with Crippen LogP contribution in [0.2, 0.25) is 0 Å². The van der Waals surface area contributed by atoms with Crippen molar-refractivity contribution in [2.75, 3.05) is 13.7 Å². The van der Waals surface area contributed by atoms with Gasteiger partial charge in [-0.25, -0.2) is 0 Å². The molecule has 0 radical (unpaired) electrons. The quantitative estimate of drug-likeness (QED) is 0.583. The number of para-hydroxylation sites is 1. The fourth-order valence-electron chi connectivity index (χ4n) is 2.82. The topological polar surface area (TPSA) is 99.4 Å². The Bertz CT molecular complexity index is 464. The lowest BCUT2D eigenvalue weighted by atomic mass is 9.92. The SMILES string of the molecule is COc1ccccc1CCC[C@@H]1O[C@H](CO)[C@@H](O)[C@H](O)[C@H]1O. The van der Waals surface area contributed by atoms with E-state index in [4.69, 9.17) is 14.6 Å². The Morgan fingerprint density at radius 1 is 1.05 bits per heavy atom. The van der Waals surface area contributed by atoms with Gasteiger partial charge >= 0.3 is 0 Å². The molecular formula is C16H24O6. The highest BCUT2D eigenvalue weighted by molar-refractivity contribution is 5.33. The second-order valence-corrected chi connectivity index (χ2v) is 5.57. The maximum atomic E-state index is 9.98. The van der Waals surface area contributed by atoms with Crippen molar-refractivity contribution in [3.63, 3.8) is 0 Å². The Morgan fingerprint density at radius 2 is 1.73 bits per heavy atom. The van der Waals surface area contributed by atoms with Crippen molar-refractivity contribution in [1.82, 2.24) is 0 Å². The molecule has 124 valence electrons. The molecule has 1 saturated heterocycles. The average Bonchev–Trinajstić information content (AvgIpc) is 2.55. The highest BCUT2D eigenvalue weighted by Gasteiger charge is 2.42. The van der Waals surface area contributed by atoms with Gasteiger partial charge in [-0.15, -0.1) is 0 Å². The molecule has 1 heterocycles. The van der Waals surface area contributed by atoms with E-state index in [1.54, 1.807) is 7.11 Å². The molecule has 22 heavy (non-hydrogen) atoms. The van der Waals surface area contributed by atoms with E-state index < -0.39 is 37.1 Å². The number of aliphatic hydroxyl groups excluding tert-OH is 4. The first-order chi connectivity index (χ1) is 10.6. The van der Waals surface area contributed by atoms with Gasteiger partial charge in [0.2, 0.25) is 0 Å². The number of aryl methyl sites for hydroxylation is 1. The van der Waals surface area contributed by atoms with Crippen LogP contribution in [0.3, 0.4) is 0 Å². The zero-order valence-corrected chi connectivity index (χ0v) is 12.6. The fraction of sp³-hybridized carbons (Fsp3) is 0.625.